The molecule has 0 bridgehead atoms. The zero-order chi connectivity index (χ0) is 21.7. The molecule has 1 fully saturated rings. The molecule has 0 aromatic heterocycles. The van der Waals surface area contributed by atoms with E-state index in [1.165, 1.54) is 6.07 Å². The minimum absolute atomic E-state index is 0.196. The Morgan fingerprint density at radius 2 is 1.74 bits per heavy atom. The fourth-order valence-corrected chi connectivity index (χ4v) is 4.98. The molecular formula is C22H29N3O5S. The zero-order valence-electron chi connectivity index (χ0n) is 17.7. The highest BCUT2D eigenvalue weighted by Crippen LogP contribution is 2.32. The van der Waals surface area contributed by atoms with Gasteiger partial charge in [0.2, 0.25) is 10.0 Å². The third kappa shape index (κ3) is 5.23. The van der Waals surface area contributed by atoms with Crippen molar-refractivity contribution in [3.63, 3.8) is 0 Å². The van der Waals surface area contributed by atoms with Gasteiger partial charge in [-0.3, -0.25) is 4.90 Å². The molecule has 2 aliphatic heterocycles. The van der Waals surface area contributed by atoms with Gasteiger partial charge in [0, 0.05) is 38.8 Å². The first-order chi connectivity index (χ1) is 15.1. The van der Waals surface area contributed by atoms with Crippen molar-refractivity contribution in [2.75, 3.05) is 64.5 Å². The molecule has 1 saturated heterocycles. The van der Waals surface area contributed by atoms with Crippen LogP contribution in [0.15, 0.2) is 47.4 Å². The molecule has 0 amide bonds. The molecule has 2 aromatic carbocycles. The molecule has 0 radical (unpaired) electrons. The summed E-state index contributed by atoms with van der Waals surface area (Å²) < 4.78 is 44.3. The quantitative estimate of drug-likeness (QED) is 0.620. The number of piperazine rings is 1. The van der Waals surface area contributed by atoms with Crippen molar-refractivity contribution in [3.05, 3.63) is 42.5 Å². The average molecular weight is 448 g/mol. The van der Waals surface area contributed by atoms with Gasteiger partial charge in [-0.25, -0.2) is 13.1 Å². The second-order valence-electron chi connectivity index (χ2n) is 7.56. The van der Waals surface area contributed by atoms with Crippen LogP contribution in [0.2, 0.25) is 0 Å². The molecule has 2 aliphatic rings. The van der Waals surface area contributed by atoms with Gasteiger partial charge < -0.3 is 19.1 Å². The van der Waals surface area contributed by atoms with Gasteiger partial charge >= 0.3 is 0 Å². The van der Waals surface area contributed by atoms with Gasteiger partial charge in [-0.15, -0.1) is 0 Å². The van der Waals surface area contributed by atoms with Crippen molar-refractivity contribution in [1.82, 2.24) is 9.62 Å². The molecular weight excluding hydrogens is 418 g/mol. The lowest BCUT2D eigenvalue weighted by molar-refractivity contribution is 0.171. The number of para-hydroxylation sites is 2. The van der Waals surface area contributed by atoms with Crippen molar-refractivity contribution in [2.45, 2.75) is 11.3 Å². The molecule has 2 heterocycles. The maximum atomic E-state index is 12.6. The Kier molecular flexibility index (Phi) is 6.84. The minimum atomic E-state index is -3.58. The fraction of sp³-hybridized carbons (Fsp3) is 0.455. The molecule has 0 atom stereocenters. The molecule has 168 valence electrons. The van der Waals surface area contributed by atoms with E-state index in [0.717, 1.165) is 50.6 Å². The molecule has 0 unspecified atom stereocenters. The van der Waals surface area contributed by atoms with E-state index < -0.39 is 10.0 Å². The van der Waals surface area contributed by atoms with Gasteiger partial charge in [0.1, 0.15) is 19.0 Å². The van der Waals surface area contributed by atoms with Crippen LogP contribution in [0.4, 0.5) is 5.69 Å². The number of nitrogens with one attached hydrogen (secondary N) is 1. The standard InChI is InChI=1S/C22H29N3O5S/c1-28-20-6-3-2-5-19(20)25-13-11-24(12-14-25)10-4-9-23-31(26,27)18-7-8-21-22(17-18)30-16-15-29-21/h2-3,5-8,17,23H,4,9-16H2,1H3. The van der Waals surface area contributed by atoms with E-state index in [0.29, 0.717) is 31.3 Å². The summed E-state index contributed by atoms with van der Waals surface area (Å²) in [6.45, 7) is 5.86. The van der Waals surface area contributed by atoms with Crippen LogP contribution in [0.25, 0.3) is 0 Å². The maximum Gasteiger partial charge on any atom is 0.240 e. The molecule has 9 heteroatoms. The summed E-state index contributed by atoms with van der Waals surface area (Å²) in [5.74, 6) is 1.95. The highest BCUT2D eigenvalue weighted by atomic mass is 32.2. The summed E-state index contributed by atoms with van der Waals surface area (Å²) in [6.07, 6.45) is 0.748. The van der Waals surface area contributed by atoms with E-state index in [4.69, 9.17) is 14.2 Å². The van der Waals surface area contributed by atoms with Crippen LogP contribution in [0, 0.1) is 0 Å². The number of anilines is 1. The Morgan fingerprint density at radius 3 is 2.52 bits per heavy atom. The zero-order valence-corrected chi connectivity index (χ0v) is 18.6. The number of nitrogens with zero attached hydrogens (tertiary/aromatic N) is 2. The highest BCUT2D eigenvalue weighted by Gasteiger charge is 2.21. The number of ether oxygens (including phenoxy) is 3. The second kappa shape index (κ2) is 9.76. The number of benzene rings is 2. The van der Waals surface area contributed by atoms with E-state index in [1.807, 2.05) is 18.2 Å². The fourth-order valence-electron chi connectivity index (χ4n) is 3.89. The molecule has 0 spiro atoms. The van der Waals surface area contributed by atoms with Crippen molar-refractivity contribution < 1.29 is 22.6 Å². The summed E-state index contributed by atoms with van der Waals surface area (Å²) in [5, 5.41) is 0. The third-order valence-corrected chi connectivity index (χ3v) is 7.02. The van der Waals surface area contributed by atoms with E-state index in [-0.39, 0.29) is 4.90 Å². The van der Waals surface area contributed by atoms with Crippen molar-refractivity contribution in [1.29, 1.82) is 0 Å². The van der Waals surface area contributed by atoms with Crippen LogP contribution in [0.5, 0.6) is 17.2 Å². The normalized spacial score (nSPS) is 16.9. The summed E-state index contributed by atoms with van der Waals surface area (Å²) >= 11 is 0. The van der Waals surface area contributed by atoms with E-state index in [9.17, 15) is 8.42 Å². The molecule has 8 nitrogen and oxygen atoms in total. The Labute approximate surface area is 183 Å². The Morgan fingerprint density at radius 1 is 1.00 bits per heavy atom. The smallest absolute Gasteiger partial charge is 0.240 e. The number of rotatable bonds is 8. The van der Waals surface area contributed by atoms with E-state index >= 15 is 0 Å². The Balaban J connectivity index is 1.22. The summed E-state index contributed by atoms with van der Waals surface area (Å²) in [4.78, 5) is 4.90. The van der Waals surface area contributed by atoms with Crippen molar-refractivity contribution in [3.8, 4) is 17.2 Å². The van der Waals surface area contributed by atoms with Crippen LogP contribution < -0.4 is 23.8 Å². The summed E-state index contributed by atoms with van der Waals surface area (Å²) in [7, 11) is -1.88. The lowest BCUT2D eigenvalue weighted by Crippen LogP contribution is -2.47. The predicted molar refractivity (Wildman–Crippen MR) is 119 cm³/mol. The molecule has 31 heavy (non-hydrogen) atoms. The van der Waals surface area contributed by atoms with Crippen molar-refractivity contribution >= 4 is 15.7 Å². The summed E-state index contributed by atoms with van der Waals surface area (Å²) in [6, 6.07) is 12.8. The molecule has 0 saturated carbocycles. The molecule has 2 aromatic rings. The monoisotopic (exact) mass is 447 g/mol. The lowest BCUT2D eigenvalue weighted by atomic mass is 10.2. The van der Waals surface area contributed by atoms with Crippen molar-refractivity contribution in [2.24, 2.45) is 0 Å². The third-order valence-electron chi connectivity index (χ3n) is 5.57. The van der Waals surface area contributed by atoms with E-state index in [1.54, 1.807) is 19.2 Å². The Bertz CT molecular complexity index is 990. The van der Waals surface area contributed by atoms with Crippen LogP contribution in [0.3, 0.4) is 0 Å². The second-order valence-corrected chi connectivity index (χ2v) is 9.32. The number of sulfonamides is 1. The largest absolute Gasteiger partial charge is 0.495 e. The maximum absolute atomic E-state index is 12.6. The van der Waals surface area contributed by atoms with Crippen LogP contribution in [0.1, 0.15) is 6.42 Å². The molecule has 4 rings (SSSR count). The van der Waals surface area contributed by atoms with Gasteiger partial charge in [-0.1, -0.05) is 12.1 Å². The molecule has 0 aliphatic carbocycles. The first-order valence-electron chi connectivity index (χ1n) is 10.6. The van der Waals surface area contributed by atoms with Crippen LogP contribution in [-0.4, -0.2) is 72.9 Å². The Hall–Kier alpha value is -2.49. The lowest BCUT2D eigenvalue weighted by Gasteiger charge is -2.36. The number of hydrogen-bond acceptors (Lipinski definition) is 7. The van der Waals surface area contributed by atoms with Gasteiger partial charge in [-0.2, -0.15) is 0 Å². The van der Waals surface area contributed by atoms with Gasteiger partial charge in [0.15, 0.2) is 11.5 Å². The van der Waals surface area contributed by atoms with Crippen LogP contribution in [-0.2, 0) is 10.0 Å². The topological polar surface area (TPSA) is 80.3 Å². The van der Waals surface area contributed by atoms with E-state index in [2.05, 4.69) is 20.6 Å². The van der Waals surface area contributed by atoms with Gasteiger partial charge in [0.25, 0.3) is 0 Å². The first-order valence-corrected chi connectivity index (χ1v) is 12.0. The summed E-state index contributed by atoms with van der Waals surface area (Å²) in [5.41, 5.74) is 1.12. The SMILES string of the molecule is COc1ccccc1N1CCN(CCCNS(=O)(=O)c2ccc3c(c2)OCCO3)CC1. The number of methoxy groups -OCH3 is 1. The first kappa shape index (κ1) is 21.7. The number of fused-ring (bicyclic) bond motifs is 1. The number of hydrogen-bond donors (Lipinski definition) is 1. The van der Waals surface area contributed by atoms with Crippen LogP contribution >= 0.6 is 0 Å². The predicted octanol–water partition coefficient (Wildman–Crippen LogP) is 1.96. The van der Waals surface area contributed by atoms with Gasteiger partial charge in [-0.05, 0) is 37.2 Å². The van der Waals surface area contributed by atoms with Gasteiger partial charge in [0.05, 0.1) is 17.7 Å². The molecule has 1 N–H and O–H groups in total. The highest BCUT2D eigenvalue weighted by molar-refractivity contribution is 7.89. The minimum Gasteiger partial charge on any atom is -0.495 e. The average Bonchev–Trinajstić information content (AvgIpc) is 2.82.